The number of nitro groups is 1. The predicted octanol–water partition coefficient (Wildman–Crippen LogP) is 4.65. The summed E-state index contributed by atoms with van der Waals surface area (Å²) in [5.41, 5.74) is 2.68. The van der Waals surface area contributed by atoms with Crippen LogP contribution in [0.1, 0.15) is 32.2 Å². The molecule has 0 aliphatic carbocycles. The third-order valence-electron chi connectivity index (χ3n) is 5.11. The summed E-state index contributed by atoms with van der Waals surface area (Å²) < 4.78 is 5.53. The van der Waals surface area contributed by atoms with Gasteiger partial charge in [-0.1, -0.05) is 29.8 Å². The molecular formula is C23H20N4O5S. The van der Waals surface area contributed by atoms with Crippen LogP contribution >= 0.6 is 11.3 Å². The van der Waals surface area contributed by atoms with Gasteiger partial charge in [0.1, 0.15) is 17.3 Å². The Kier molecular flexibility index (Phi) is 5.93. The Morgan fingerprint density at radius 1 is 1.21 bits per heavy atom. The van der Waals surface area contributed by atoms with E-state index in [1.165, 1.54) is 18.2 Å². The molecule has 9 nitrogen and oxygen atoms in total. The van der Waals surface area contributed by atoms with Gasteiger partial charge in [-0.25, -0.2) is 4.98 Å². The van der Waals surface area contributed by atoms with Gasteiger partial charge in [0, 0.05) is 11.8 Å². The number of nitrogens with zero attached hydrogens (tertiary/aromatic N) is 2. The van der Waals surface area contributed by atoms with Gasteiger partial charge in [0.05, 0.1) is 15.2 Å². The van der Waals surface area contributed by atoms with E-state index in [0.29, 0.717) is 26.3 Å². The number of fused-ring (bicyclic) bond motifs is 1. The van der Waals surface area contributed by atoms with Crippen molar-refractivity contribution in [3.63, 3.8) is 0 Å². The maximum Gasteiger partial charge on any atom is 0.310 e. The van der Waals surface area contributed by atoms with Crippen LogP contribution in [0.25, 0.3) is 10.2 Å². The van der Waals surface area contributed by atoms with Crippen LogP contribution in [0, 0.1) is 30.9 Å². The maximum atomic E-state index is 12.9. The SMILES string of the molecule is Cc1ccc(NC(=O)c2sc3nc(COc4ccccc4[N+](=O)[O-])[nH]c(=O)c3c2C)c(C)c1. The van der Waals surface area contributed by atoms with Crippen LogP contribution in [0.2, 0.25) is 0 Å². The van der Waals surface area contributed by atoms with Crippen molar-refractivity contribution >= 4 is 38.8 Å². The number of hydrogen-bond acceptors (Lipinski definition) is 7. The molecule has 0 saturated heterocycles. The van der Waals surface area contributed by atoms with Gasteiger partial charge in [-0.15, -0.1) is 11.3 Å². The first-order valence-electron chi connectivity index (χ1n) is 10.0. The lowest BCUT2D eigenvalue weighted by Crippen LogP contribution is -2.14. The van der Waals surface area contributed by atoms with Crippen molar-refractivity contribution in [3.05, 3.63) is 90.3 Å². The minimum Gasteiger partial charge on any atom is -0.479 e. The molecule has 4 aromatic rings. The van der Waals surface area contributed by atoms with Crippen molar-refractivity contribution in [1.29, 1.82) is 0 Å². The van der Waals surface area contributed by atoms with Gasteiger partial charge in [0.15, 0.2) is 5.75 Å². The summed E-state index contributed by atoms with van der Waals surface area (Å²) in [5, 5.41) is 14.4. The molecule has 0 saturated carbocycles. The van der Waals surface area contributed by atoms with E-state index in [4.69, 9.17) is 4.74 Å². The number of amides is 1. The zero-order valence-corrected chi connectivity index (χ0v) is 18.9. The number of nitrogens with one attached hydrogen (secondary N) is 2. The van der Waals surface area contributed by atoms with Crippen molar-refractivity contribution < 1.29 is 14.5 Å². The fourth-order valence-electron chi connectivity index (χ4n) is 3.48. The largest absolute Gasteiger partial charge is 0.479 e. The quantitative estimate of drug-likeness (QED) is 0.316. The third kappa shape index (κ3) is 4.46. The lowest BCUT2D eigenvalue weighted by molar-refractivity contribution is -0.385. The van der Waals surface area contributed by atoms with E-state index in [9.17, 15) is 19.7 Å². The summed E-state index contributed by atoms with van der Waals surface area (Å²) in [5.74, 6) is -0.0473. The number of thiophene rings is 1. The van der Waals surface area contributed by atoms with Crippen molar-refractivity contribution in [2.75, 3.05) is 5.32 Å². The number of anilines is 1. The number of rotatable bonds is 6. The van der Waals surface area contributed by atoms with Crippen LogP contribution in [0.5, 0.6) is 5.75 Å². The fourth-order valence-corrected chi connectivity index (χ4v) is 4.58. The molecule has 0 bridgehead atoms. The number of ether oxygens (including phenoxy) is 1. The molecule has 2 N–H and O–H groups in total. The maximum absolute atomic E-state index is 12.9. The molecule has 4 rings (SSSR count). The van der Waals surface area contributed by atoms with Crippen molar-refractivity contribution in [2.45, 2.75) is 27.4 Å². The fraction of sp³-hybridized carbons (Fsp3) is 0.174. The zero-order valence-electron chi connectivity index (χ0n) is 18.1. The van der Waals surface area contributed by atoms with E-state index >= 15 is 0 Å². The second-order valence-corrected chi connectivity index (χ2v) is 8.53. The highest BCUT2D eigenvalue weighted by atomic mass is 32.1. The van der Waals surface area contributed by atoms with Gasteiger partial charge in [-0.3, -0.25) is 19.7 Å². The van der Waals surface area contributed by atoms with Crippen molar-refractivity contribution in [3.8, 4) is 5.75 Å². The molecule has 0 unspecified atom stereocenters. The molecule has 0 spiro atoms. The Balaban J connectivity index is 1.61. The molecule has 168 valence electrons. The molecule has 1 amide bonds. The van der Waals surface area contributed by atoms with E-state index in [0.717, 1.165) is 22.5 Å². The first kappa shape index (κ1) is 22.2. The molecule has 0 aliphatic rings. The number of carbonyl (C=O) groups is 1. The second-order valence-electron chi connectivity index (χ2n) is 7.53. The average Bonchev–Trinajstić information content (AvgIpc) is 3.11. The topological polar surface area (TPSA) is 127 Å². The normalized spacial score (nSPS) is 10.9. The summed E-state index contributed by atoms with van der Waals surface area (Å²) in [6.07, 6.45) is 0. The molecule has 0 fully saturated rings. The van der Waals surface area contributed by atoms with Crippen LogP contribution in [0.3, 0.4) is 0 Å². The second kappa shape index (κ2) is 8.83. The van der Waals surface area contributed by atoms with Crippen molar-refractivity contribution in [1.82, 2.24) is 9.97 Å². The molecular weight excluding hydrogens is 444 g/mol. The van der Waals surface area contributed by atoms with Crippen LogP contribution in [-0.4, -0.2) is 20.8 Å². The van der Waals surface area contributed by atoms with Crippen LogP contribution in [0.15, 0.2) is 47.3 Å². The monoisotopic (exact) mass is 464 g/mol. The van der Waals surface area contributed by atoms with Crippen LogP contribution < -0.4 is 15.6 Å². The van der Waals surface area contributed by atoms with Gasteiger partial charge in [-0.2, -0.15) is 0 Å². The number of aromatic amines is 1. The summed E-state index contributed by atoms with van der Waals surface area (Å²) >= 11 is 1.11. The first-order chi connectivity index (χ1) is 15.7. The third-order valence-corrected chi connectivity index (χ3v) is 6.30. The Bertz CT molecular complexity index is 1460. The molecule has 10 heteroatoms. The molecule has 2 aromatic carbocycles. The Hall–Kier alpha value is -4.05. The van der Waals surface area contributed by atoms with E-state index in [2.05, 4.69) is 15.3 Å². The molecule has 0 aliphatic heterocycles. The van der Waals surface area contributed by atoms with Crippen LogP contribution in [-0.2, 0) is 6.61 Å². The van der Waals surface area contributed by atoms with E-state index in [-0.39, 0.29) is 29.8 Å². The predicted molar refractivity (Wildman–Crippen MR) is 126 cm³/mol. The lowest BCUT2D eigenvalue weighted by Gasteiger charge is -2.08. The number of nitro benzene ring substituents is 1. The highest BCUT2D eigenvalue weighted by Gasteiger charge is 2.21. The van der Waals surface area contributed by atoms with Crippen molar-refractivity contribution in [2.24, 2.45) is 0 Å². The van der Waals surface area contributed by atoms with Crippen LogP contribution in [0.4, 0.5) is 11.4 Å². The molecule has 0 atom stereocenters. The molecule has 2 heterocycles. The zero-order chi connectivity index (χ0) is 23.7. The molecule has 33 heavy (non-hydrogen) atoms. The Morgan fingerprint density at radius 3 is 2.70 bits per heavy atom. The lowest BCUT2D eigenvalue weighted by atomic mass is 10.1. The standard InChI is InChI=1S/C23H20N4O5S/c1-12-8-9-15(13(2)10-12)24-22(29)20-14(3)19-21(28)25-18(26-23(19)33-20)11-32-17-7-5-4-6-16(17)27(30)31/h4-10H,11H2,1-3H3,(H,24,29)(H,25,26,28). The van der Waals surface area contributed by atoms with Gasteiger partial charge in [0.25, 0.3) is 11.5 Å². The number of benzene rings is 2. The number of aromatic nitrogens is 2. The summed E-state index contributed by atoms with van der Waals surface area (Å²) in [7, 11) is 0. The van der Waals surface area contributed by atoms with Gasteiger partial charge in [-0.05, 0) is 44.0 Å². The van der Waals surface area contributed by atoms with Gasteiger partial charge < -0.3 is 15.0 Å². The summed E-state index contributed by atoms with van der Waals surface area (Å²) in [4.78, 5) is 44.1. The Morgan fingerprint density at radius 2 is 1.97 bits per heavy atom. The smallest absolute Gasteiger partial charge is 0.310 e. The minimum absolute atomic E-state index is 0.0705. The van der Waals surface area contributed by atoms with Gasteiger partial charge in [0.2, 0.25) is 0 Å². The molecule has 2 aromatic heterocycles. The highest BCUT2D eigenvalue weighted by Crippen LogP contribution is 2.29. The van der Waals surface area contributed by atoms with E-state index < -0.39 is 10.5 Å². The molecule has 0 radical (unpaired) electrons. The number of aryl methyl sites for hydroxylation is 3. The first-order valence-corrected chi connectivity index (χ1v) is 10.8. The summed E-state index contributed by atoms with van der Waals surface area (Å²) in [6, 6.07) is 11.7. The number of H-pyrrole nitrogens is 1. The Labute approximate surface area is 192 Å². The van der Waals surface area contributed by atoms with E-state index in [1.54, 1.807) is 13.0 Å². The number of hydrogen-bond donors (Lipinski definition) is 2. The highest BCUT2D eigenvalue weighted by molar-refractivity contribution is 7.20. The summed E-state index contributed by atoms with van der Waals surface area (Å²) in [6.45, 7) is 5.42. The van der Waals surface area contributed by atoms with E-state index in [1.807, 2.05) is 32.0 Å². The minimum atomic E-state index is -0.544. The average molecular weight is 465 g/mol. The number of carbonyl (C=O) groups excluding carboxylic acids is 1. The van der Waals surface area contributed by atoms with Gasteiger partial charge >= 0.3 is 5.69 Å². The number of para-hydroxylation sites is 2.